The molecule has 1 aliphatic heterocycles. The number of nitrogens with zero attached hydrogens (tertiary/aromatic N) is 2. The van der Waals surface area contributed by atoms with Crippen molar-refractivity contribution in [2.75, 3.05) is 32.8 Å². The molecule has 0 aromatic rings. The Bertz CT molecular complexity index is 428. The molecule has 2 N–H and O–H groups in total. The number of hydrogen-bond acceptors (Lipinski definition) is 5. The van der Waals surface area contributed by atoms with Crippen LogP contribution >= 0.6 is 0 Å². The zero-order chi connectivity index (χ0) is 14.5. The van der Waals surface area contributed by atoms with Crippen molar-refractivity contribution < 1.29 is 22.7 Å². The van der Waals surface area contributed by atoms with Gasteiger partial charge in [-0.15, -0.1) is 0 Å². The SMILES string of the molecule is CCOC(=O)CCC(=O)N1CCN(S(N)(=O)=O)CC1. The van der Waals surface area contributed by atoms with Gasteiger partial charge in [-0.25, -0.2) is 5.14 Å². The highest BCUT2D eigenvalue weighted by molar-refractivity contribution is 7.86. The Morgan fingerprint density at radius 3 is 2.21 bits per heavy atom. The van der Waals surface area contributed by atoms with E-state index >= 15 is 0 Å². The summed E-state index contributed by atoms with van der Waals surface area (Å²) >= 11 is 0. The maximum atomic E-state index is 11.8. The molecule has 1 saturated heterocycles. The van der Waals surface area contributed by atoms with Crippen LogP contribution < -0.4 is 5.14 Å². The van der Waals surface area contributed by atoms with Gasteiger partial charge in [0.15, 0.2) is 0 Å². The topological polar surface area (TPSA) is 110 Å². The van der Waals surface area contributed by atoms with Gasteiger partial charge in [0.1, 0.15) is 0 Å². The van der Waals surface area contributed by atoms with Crippen LogP contribution in [0.3, 0.4) is 0 Å². The molecule has 1 amide bonds. The molecular formula is C10H19N3O5S. The lowest BCUT2D eigenvalue weighted by atomic mass is 10.2. The Morgan fingerprint density at radius 1 is 1.16 bits per heavy atom. The Morgan fingerprint density at radius 2 is 1.74 bits per heavy atom. The van der Waals surface area contributed by atoms with Gasteiger partial charge in [0.05, 0.1) is 13.0 Å². The number of ether oxygens (including phenoxy) is 1. The van der Waals surface area contributed by atoms with Gasteiger partial charge in [-0.05, 0) is 6.92 Å². The summed E-state index contributed by atoms with van der Waals surface area (Å²) < 4.78 is 28.0. The summed E-state index contributed by atoms with van der Waals surface area (Å²) in [7, 11) is -3.69. The summed E-state index contributed by atoms with van der Waals surface area (Å²) in [6.07, 6.45) is 0.121. The summed E-state index contributed by atoms with van der Waals surface area (Å²) in [6, 6.07) is 0. The highest BCUT2D eigenvalue weighted by atomic mass is 32.2. The van der Waals surface area contributed by atoms with Gasteiger partial charge in [-0.1, -0.05) is 0 Å². The second-order valence-electron chi connectivity index (χ2n) is 4.13. The molecule has 19 heavy (non-hydrogen) atoms. The quantitative estimate of drug-likeness (QED) is 0.632. The first-order chi connectivity index (χ1) is 8.84. The van der Waals surface area contributed by atoms with Crippen LogP contribution in [0, 0.1) is 0 Å². The molecule has 0 bridgehead atoms. The van der Waals surface area contributed by atoms with E-state index in [4.69, 9.17) is 9.88 Å². The van der Waals surface area contributed by atoms with E-state index in [9.17, 15) is 18.0 Å². The smallest absolute Gasteiger partial charge is 0.306 e. The highest BCUT2D eigenvalue weighted by Crippen LogP contribution is 2.07. The molecule has 110 valence electrons. The van der Waals surface area contributed by atoms with Gasteiger partial charge in [0.2, 0.25) is 5.91 Å². The Kier molecular flexibility index (Phi) is 5.70. The molecule has 1 heterocycles. The number of hydrogen-bond donors (Lipinski definition) is 1. The second-order valence-corrected chi connectivity index (χ2v) is 5.68. The normalized spacial score (nSPS) is 17.3. The molecule has 0 aliphatic carbocycles. The van der Waals surface area contributed by atoms with E-state index in [2.05, 4.69) is 0 Å². The fourth-order valence-corrected chi connectivity index (χ4v) is 2.46. The zero-order valence-corrected chi connectivity index (χ0v) is 11.7. The highest BCUT2D eigenvalue weighted by Gasteiger charge is 2.26. The minimum atomic E-state index is -3.69. The van der Waals surface area contributed by atoms with E-state index in [-0.39, 0.29) is 44.9 Å². The summed E-state index contributed by atoms with van der Waals surface area (Å²) in [5, 5.41) is 5.00. The van der Waals surface area contributed by atoms with Crippen LogP contribution in [-0.4, -0.2) is 62.3 Å². The molecule has 8 nitrogen and oxygen atoms in total. The van der Waals surface area contributed by atoms with Gasteiger partial charge >= 0.3 is 5.97 Å². The van der Waals surface area contributed by atoms with Crippen molar-refractivity contribution in [1.82, 2.24) is 9.21 Å². The van der Waals surface area contributed by atoms with Crippen molar-refractivity contribution in [3.8, 4) is 0 Å². The van der Waals surface area contributed by atoms with E-state index in [0.717, 1.165) is 4.31 Å². The molecular weight excluding hydrogens is 274 g/mol. The third kappa shape index (κ3) is 5.13. The lowest BCUT2D eigenvalue weighted by Crippen LogP contribution is -2.52. The van der Waals surface area contributed by atoms with E-state index in [1.165, 1.54) is 4.90 Å². The van der Waals surface area contributed by atoms with Crippen molar-refractivity contribution in [2.45, 2.75) is 19.8 Å². The van der Waals surface area contributed by atoms with Crippen molar-refractivity contribution >= 4 is 22.1 Å². The van der Waals surface area contributed by atoms with Gasteiger partial charge in [-0.2, -0.15) is 12.7 Å². The molecule has 0 unspecified atom stereocenters. The van der Waals surface area contributed by atoms with Crippen LogP contribution in [0.25, 0.3) is 0 Å². The fraction of sp³-hybridized carbons (Fsp3) is 0.800. The minimum absolute atomic E-state index is 0.0437. The third-order valence-electron chi connectivity index (χ3n) is 2.80. The van der Waals surface area contributed by atoms with Gasteiger partial charge in [0.25, 0.3) is 10.2 Å². The average molecular weight is 293 g/mol. The maximum Gasteiger partial charge on any atom is 0.306 e. The van der Waals surface area contributed by atoms with E-state index in [1.807, 2.05) is 0 Å². The molecule has 9 heteroatoms. The van der Waals surface area contributed by atoms with Gasteiger partial charge in [-0.3, -0.25) is 9.59 Å². The first kappa shape index (κ1) is 15.9. The Hall–Kier alpha value is -1.19. The predicted octanol–water partition coefficient (Wildman–Crippen LogP) is -1.32. The van der Waals surface area contributed by atoms with E-state index < -0.39 is 16.2 Å². The molecule has 0 saturated carbocycles. The van der Waals surface area contributed by atoms with Gasteiger partial charge in [0, 0.05) is 32.6 Å². The van der Waals surface area contributed by atoms with E-state index in [1.54, 1.807) is 6.92 Å². The van der Waals surface area contributed by atoms with Gasteiger partial charge < -0.3 is 9.64 Å². The number of amides is 1. The van der Waals surface area contributed by atoms with Crippen molar-refractivity contribution in [3.05, 3.63) is 0 Å². The lowest BCUT2D eigenvalue weighted by Gasteiger charge is -2.32. The molecule has 1 fully saturated rings. The predicted molar refractivity (Wildman–Crippen MR) is 67.1 cm³/mol. The van der Waals surface area contributed by atoms with Crippen LogP contribution in [0.5, 0.6) is 0 Å². The lowest BCUT2D eigenvalue weighted by molar-refractivity contribution is -0.145. The summed E-state index contributed by atoms with van der Waals surface area (Å²) in [6.45, 7) is 2.94. The monoisotopic (exact) mass is 293 g/mol. The molecule has 0 aromatic heterocycles. The number of nitrogens with two attached hydrogens (primary N) is 1. The minimum Gasteiger partial charge on any atom is -0.466 e. The molecule has 0 spiro atoms. The van der Waals surface area contributed by atoms with Crippen LogP contribution in [0.2, 0.25) is 0 Å². The Balaban J connectivity index is 2.35. The van der Waals surface area contributed by atoms with Crippen LogP contribution in [0.4, 0.5) is 0 Å². The number of esters is 1. The maximum absolute atomic E-state index is 11.8. The molecule has 0 radical (unpaired) electrons. The summed E-state index contributed by atoms with van der Waals surface area (Å²) in [4.78, 5) is 24.4. The number of carbonyl (C=O) groups excluding carboxylic acids is 2. The van der Waals surface area contributed by atoms with E-state index in [0.29, 0.717) is 6.61 Å². The largest absolute Gasteiger partial charge is 0.466 e. The molecule has 0 aromatic carbocycles. The first-order valence-corrected chi connectivity index (χ1v) is 7.56. The number of piperazine rings is 1. The molecule has 0 atom stereocenters. The summed E-state index contributed by atoms with van der Waals surface area (Å²) in [5.41, 5.74) is 0. The van der Waals surface area contributed by atoms with Crippen molar-refractivity contribution in [2.24, 2.45) is 5.14 Å². The zero-order valence-electron chi connectivity index (χ0n) is 10.9. The van der Waals surface area contributed by atoms with Crippen LogP contribution in [0.15, 0.2) is 0 Å². The van der Waals surface area contributed by atoms with Crippen molar-refractivity contribution in [3.63, 3.8) is 0 Å². The Labute approximate surface area is 112 Å². The van der Waals surface area contributed by atoms with Crippen LogP contribution in [-0.2, 0) is 24.5 Å². The first-order valence-electron chi connectivity index (χ1n) is 6.06. The second kappa shape index (κ2) is 6.83. The number of rotatable bonds is 5. The molecule has 1 aliphatic rings. The standard InChI is InChI=1S/C10H19N3O5S/c1-2-18-10(15)4-3-9(14)12-5-7-13(8-6-12)19(11,16)17/h2-8H2,1H3,(H2,11,16,17). The van der Waals surface area contributed by atoms with Crippen LogP contribution in [0.1, 0.15) is 19.8 Å². The third-order valence-corrected chi connectivity index (χ3v) is 3.88. The number of carbonyl (C=O) groups is 2. The van der Waals surface area contributed by atoms with Crippen molar-refractivity contribution in [1.29, 1.82) is 0 Å². The average Bonchev–Trinajstić information content (AvgIpc) is 2.35. The summed E-state index contributed by atoms with van der Waals surface area (Å²) in [5.74, 6) is -0.582. The fourth-order valence-electron chi connectivity index (χ4n) is 1.79. The molecule has 1 rings (SSSR count).